The molecular formula is C19H16BrF2N3O. The molecule has 134 valence electrons. The lowest BCUT2D eigenvalue weighted by Crippen LogP contribution is -2.24. The van der Waals surface area contributed by atoms with Gasteiger partial charge in [0.2, 0.25) is 0 Å². The van der Waals surface area contributed by atoms with Crippen molar-refractivity contribution in [1.82, 2.24) is 9.55 Å². The molecule has 2 aromatic heterocycles. The van der Waals surface area contributed by atoms with Crippen molar-refractivity contribution in [3.05, 3.63) is 92.1 Å². The molecule has 0 amide bonds. The van der Waals surface area contributed by atoms with E-state index in [0.29, 0.717) is 22.3 Å². The van der Waals surface area contributed by atoms with E-state index < -0.39 is 11.6 Å². The molecule has 3 rings (SSSR count). The van der Waals surface area contributed by atoms with E-state index in [2.05, 4.69) is 26.2 Å². The lowest BCUT2D eigenvalue weighted by atomic mass is 10.2. The van der Waals surface area contributed by atoms with Crippen LogP contribution in [0, 0.1) is 18.6 Å². The summed E-state index contributed by atoms with van der Waals surface area (Å²) in [5, 5.41) is 3.03. The van der Waals surface area contributed by atoms with Gasteiger partial charge in [0.15, 0.2) is 0 Å². The summed E-state index contributed by atoms with van der Waals surface area (Å²) in [5.74, 6) is -1.25. The van der Waals surface area contributed by atoms with Gasteiger partial charge in [0, 0.05) is 36.3 Å². The van der Waals surface area contributed by atoms with E-state index >= 15 is 0 Å². The summed E-state index contributed by atoms with van der Waals surface area (Å²) in [6, 6.07) is 8.93. The topological polar surface area (TPSA) is 46.9 Å². The predicted octanol–water partition coefficient (Wildman–Crippen LogP) is 4.25. The number of nitrogens with zero attached hydrogens (tertiary/aromatic N) is 2. The fourth-order valence-corrected chi connectivity index (χ4v) is 3.06. The van der Waals surface area contributed by atoms with Crippen LogP contribution in [0.2, 0.25) is 0 Å². The van der Waals surface area contributed by atoms with Crippen LogP contribution in [-0.4, -0.2) is 9.55 Å². The maximum atomic E-state index is 13.8. The number of benzene rings is 1. The number of anilines is 1. The van der Waals surface area contributed by atoms with Crippen LogP contribution in [0.25, 0.3) is 0 Å². The van der Waals surface area contributed by atoms with Gasteiger partial charge in [-0.2, -0.15) is 0 Å². The summed E-state index contributed by atoms with van der Waals surface area (Å²) in [4.78, 5) is 16.6. The molecule has 0 fully saturated rings. The third-order valence-corrected chi connectivity index (χ3v) is 4.79. The zero-order valence-electron chi connectivity index (χ0n) is 14.0. The second kappa shape index (κ2) is 7.78. The largest absolute Gasteiger partial charge is 0.380 e. The first-order valence-electron chi connectivity index (χ1n) is 7.92. The Hall–Kier alpha value is -2.54. The Morgan fingerprint density at radius 3 is 2.58 bits per heavy atom. The minimum Gasteiger partial charge on any atom is -0.380 e. The van der Waals surface area contributed by atoms with Crippen molar-refractivity contribution in [3.8, 4) is 0 Å². The zero-order valence-corrected chi connectivity index (χ0v) is 15.6. The number of aromatic nitrogens is 2. The Bertz CT molecular complexity index is 990. The van der Waals surface area contributed by atoms with E-state index in [0.717, 1.165) is 17.3 Å². The van der Waals surface area contributed by atoms with Crippen LogP contribution >= 0.6 is 15.9 Å². The molecule has 0 aliphatic rings. The van der Waals surface area contributed by atoms with Gasteiger partial charge < -0.3 is 9.88 Å². The number of halogens is 3. The minimum absolute atomic E-state index is 0.137. The smallest absolute Gasteiger partial charge is 0.267 e. The van der Waals surface area contributed by atoms with Gasteiger partial charge in [0.1, 0.15) is 16.1 Å². The molecule has 0 radical (unpaired) electrons. The molecule has 0 atom stereocenters. The van der Waals surface area contributed by atoms with Gasteiger partial charge in [-0.1, -0.05) is 6.07 Å². The monoisotopic (exact) mass is 419 g/mol. The standard InChI is InChI=1S/C19H16BrF2N3O/c1-12-8-17(24-10-14-2-3-15(21)9-16(14)22)18(20)19(26)25(12)11-13-4-6-23-7-5-13/h2-9,24H,10-11H2,1H3. The molecule has 0 saturated carbocycles. The molecule has 0 bridgehead atoms. The second-order valence-corrected chi connectivity index (χ2v) is 6.64. The number of hydrogen-bond acceptors (Lipinski definition) is 3. The van der Waals surface area contributed by atoms with Crippen LogP contribution in [0.1, 0.15) is 16.8 Å². The summed E-state index contributed by atoms with van der Waals surface area (Å²) < 4.78 is 28.7. The molecule has 0 unspecified atom stereocenters. The molecule has 1 aromatic carbocycles. The molecule has 1 N–H and O–H groups in total. The van der Waals surface area contributed by atoms with Gasteiger partial charge in [-0.05, 0) is 52.7 Å². The summed E-state index contributed by atoms with van der Waals surface area (Å²) in [7, 11) is 0. The summed E-state index contributed by atoms with van der Waals surface area (Å²) in [6.45, 7) is 2.40. The van der Waals surface area contributed by atoms with E-state index in [1.807, 2.05) is 25.1 Å². The SMILES string of the molecule is Cc1cc(NCc2ccc(F)cc2F)c(Br)c(=O)n1Cc1ccncc1. The van der Waals surface area contributed by atoms with Crippen molar-refractivity contribution >= 4 is 21.6 Å². The molecule has 2 heterocycles. The Morgan fingerprint density at radius 2 is 1.88 bits per heavy atom. The van der Waals surface area contributed by atoms with Crippen LogP contribution < -0.4 is 10.9 Å². The maximum absolute atomic E-state index is 13.8. The van der Waals surface area contributed by atoms with E-state index in [1.54, 1.807) is 17.0 Å². The third-order valence-electron chi connectivity index (χ3n) is 4.02. The van der Waals surface area contributed by atoms with Crippen molar-refractivity contribution in [3.63, 3.8) is 0 Å². The first-order chi connectivity index (χ1) is 12.5. The Morgan fingerprint density at radius 1 is 1.15 bits per heavy atom. The van der Waals surface area contributed by atoms with Crippen LogP contribution in [0.15, 0.2) is 58.1 Å². The molecule has 0 saturated heterocycles. The highest BCUT2D eigenvalue weighted by molar-refractivity contribution is 9.10. The van der Waals surface area contributed by atoms with Crippen molar-refractivity contribution in [1.29, 1.82) is 0 Å². The summed E-state index contributed by atoms with van der Waals surface area (Å²) in [5.41, 5.74) is 2.41. The molecule has 4 nitrogen and oxygen atoms in total. The van der Waals surface area contributed by atoms with Crippen molar-refractivity contribution in [2.75, 3.05) is 5.32 Å². The first kappa shape index (κ1) is 18.3. The average Bonchev–Trinajstić information content (AvgIpc) is 2.63. The summed E-state index contributed by atoms with van der Waals surface area (Å²) >= 11 is 3.32. The number of pyridine rings is 2. The quantitative estimate of drug-likeness (QED) is 0.672. The van der Waals surface area contributed by atoms with Gasteiger partial charge in [-0.3, -0.25) is 9.78 Å². The van der Waals surface area contributed by atoms with Crippen LogP contribution in [0.4, 0.5) is 14.5 Å². The van der Waals surface area contributed by atoms with Gasteiger partial charge in [-0.25, -0.2) is 8.78 Å². The van der Waals surface area contributed by atoms with Gasteiger partial charge >= 0.3 is 0 Å². The Balaban J connectivity index is 1.84. The average molecular weight is 420 g/mol. The molecule has 7 heteroatoms. The number of nitrogens with one attached hydrogen (secondary N) is 1. The van der Waals surface area contributed by atoms with E-state index in [-0.39, 0.29) is 12.1 Å². The third kappa shape index (κ3) is 3.99. The van der Waals surface area contributed by atoms with E-state index in [4.69, 9.17) is 0 Å². The lowest BCUT2D eigenvalue weighted by Gasteiger charge is -2.15. The highest BCUT2D eigenvalue weighted by Gasteiger charge is 2.12. The minimum atomic E-state index is -0.628. The second-order valence-electron chi connectivity index (χ2n) is 5.85. The molecule has 0 aliphatic heterocycles. The highest BCUT2D eigenvalue weighted by atomic mass is 79.9. The van der Waals surface area contributed by atoms with Crippen LogP contribution in [0.5, 0.6) is 0 Å². The summed E-state index contributed by atoms with van der Waals surface area (Å²) in [6.07, 6.45) is 3.36. The molecule has 0 aliphatic carbocycles. The number of hydrogen-bond donors (Lipinski definition) is 1. The van der Waals surface area contributed by atoms with Crippen LogP contribution in [-0.2, 0) is 13.1 Å². The molecular weight excluding hydrogens is 404 g/mol. The number of rotatable bonds is 5. The zero-order chi connectivity index (χ0) is 18.7. The molecule has 3 aromatic rings. The maximum Gasteiger partial charge on any atom is 0.267 e. The lowest BCUT2D eigenvalue weighted by molar-refractivity contribution is 0.574. The van der Waals surface area contributed by atoms with E-state index in [9.17, 15) is 13.6 Å². The fourth-order valence-electron chi connectivity index (χ4n) is 2.60. The number of aryl methyl sites for hydroxylation is 1. The fraction of sp³-hybridized carbons (Fsp3) is 0.158. The molecule has 0 spiro atoms. The predicted molar refractivity (Wildman–Crippen MR) is 100 cm³/mol. The van der Waals surface area contributed by atoms with Crippen LogP contribution in [0.3, 0.4) is 0 Å². The van der Waals surface area contributed by atoms with Gasteiger partial charge in [0.05, 0.1) is 12.2 Å². The molecule has 26 heavy (non-hydrogen) atoms. The Kier molecular flexibility index (Phi) is 5.46. The van der Waals surface area contributed by atoms with E-state index in [1.165, 1.54) is 12.1 Å². The van der Waals surface area contributed by atoms with Crippen molar-refractivity contribution in [2.45, 2.75) is 20.0 Å². The van der Waals surface area contributed by atoms with Gasteiger partial charge in [-0.15, -0.1) is 0 Å². The normalized spacial score (nSPS) is 10.8. The highest BCUT2D eigenvalue weighted by Crippen LogP contribution is 2.21. The first-order valence-corrected chi connectivity index (χ1v) is 8.71. The van der Waals surface area contributed by atoms with Crippen molar-refractivity contribution in [2.24, 2.45) is 0 Å². The van der Waals surface area contributed by atoms with Gasteiger partial charge in [0.25, 0.3) is 5.56 Å². The van der Waals surface area contributed by atoms with Crippen molar-refractivity contribution < 1.29 is 8.78 Å². The Labute approximate surface area is 157 Å².